The van der Waals surface area contributed by atoms with Crippen molar-refractivity contribution in [2.75, 3.05) is 6.61 Å². The van der Waals surface area contributed by atoms with E-state index in [1.54, 1.807) is 0 Å². The first-order chi connectivity index (χ1) is 12.2. The molecule has 2 rings (SSSR count). The topological polar surface area (TPSA) is 249 Å². The summed E-state index contributed by atoms with van der Waals surface area (Å²) < 4.78 is 28.4. The fourth-order valence-corrected chi connectivity index (χ4v) is 3.13. The fraction of sp³-hybridized carbons (Fsp3) is 0.600. The monoisotopic (exact) mass is 436 g/mol. The van der Waals surface area contributed by atoms with Crippen LogP contribution in [0.5, 0.6) is 0 Å². The quantitative estimate of drug-likeness (QED) is 0.215. The Balaban J connectivity index is 0.000000345. The van der Waals surface area contributed by atoms with Gasteiger partial charge in [-0.05, 0) is 6.92 Å². The number of aliphatic hydroxyl groups is 3. The maximum Gasteiger partial charge on any atom is 0.478 e. The number of aliphatic hydroxyl groups excluding tert-OH is 3. The first-order valence-corrected chi connectivity index (χ1v) is 9.99. The highest BCUT2D eigenvalue weighted by atomic mass is 31.3. The zero-order chi connectivity index (χ0) is 21.2. The van der Waals surface area contributed by atoms with E-state index < -0.39 is 58.0 Å². The third-order valence-electron chi connectivity index (χ3n) is 3.15. The summed E-state index contributed by atoms with van der Waals surface area (Å²) in [5.74, 6) is 0. The molecule has 0 amide bonds. The van der Waals surface area contributed by atoms with E-state index in [9.17, 15) is 28.9 Å². The molecular weight excluding hydrogens is 418 g/mol. The van der Waals surface area contributed by atoms with Crippen LogP contribution in [0.15, 0.2) is 15.8 Å². The van der Waals surface area contributed by atoms with Crippen molar-refractivity contribution in [2.45, 2.75) is 31.5 Å². The van der Waals surface area contributed by atoms with Gasteiger partial charge in [0.25, 0.3) is 5.56 Å². The second-order valence-corrected chi connectivity index (χ2v) is 7.89. The lowest BCUT2D eigenvalue weighted by Crippen LogP contribution is -2.38. The van der Waals surface area contributed by atoms with Gasteiger partial charge in [0.2, 0.25) is 0 Å². The Morgan fingerprint density at radius 3 is 2.04 bits per heavy atom. The summed E-state index contributed by atoms with van der Waals surface area (Å²) in [6, 6.07) is 0. The predicted molar refractivity (Wildman–Crippen MR) is 84.2 cm³/mol. The van der Waals surface area contributed by atoms with Crippen LogP contribution in [0.1, 0.15) is 11.8 Å². The number of nitrogens with one attached hydrogen (secondary N) is 1. The van der Waals surface area contributed by atoms with Crippen LogP contribution in [-0.4, -0.2) is 69.4 Å². The summed E-state index contributed by atoms with van der Waals surface area (Å²) in [5.41, 5.74) is -1.00. The van der Waals surface area contributed by atoms with Crippen LogP contribution in [-0.2, 0) is 18.2 Å². The lowest BCUT2D eigenvalue weighted by molar-refractivity contribution is -0.0551. The number of rotatable bonds is 4. The Labute approximate surface area is 149 Å². The summed E-state index contributed by atoms with van der Waals surface area (Å²) >= 11 is 0. The molecule has 27 heavy (non-hydrogen) atoms. The lowest BCUT2D eigenvalue weighted by atomic mass is 10.1. The van der Waals surface area contributed by atoms with E-state index in [0.717, 1.165) is 4.57 Å². The molecule has 156 valence electrons. The lowest BCUT2D eigenvalue weighted by Gasteiger charge is -2.17. The molecule has 15 nitrogen and oxygen atoms in total. The van der Waals surface area contributed by atoms with Gasteiger partial charge in [0.1, 0.15) is 18.3 Å². The summed E-state index contributed by atoms with van der Waals surface area (Å²) in [5, 5.41) is 28.3. The zero-order valence-corrected chi connectivity index (χ0v) is 15.3. The number of nitrogens with zero attached hydrogens (tertiary/aromatic N) is 1. The maximum absolute atomic E-state index is 11.6. The highest BCUT2D eigenvalue weighted by Gasteiger charge is 2.43. The van der Waals surface area contributed by atoms with Crippen molar-refractivity contribution in [1.29, 1.82) is 0 Å². The van der Waals surface area contributed by atoms with Gasteiger partial charge in [-0.2, -0.15) is 4.31 Å². The molecule has 0 aromatic carbocycles. The first-order valence-electron chi connectivity index (χ1n) is 6.93. The van der Waals surface area contributed by atoms with Crippen LogP contribution in [0, 0.1) is 6.92 Å². The van der Waals surface area contributed by atoms with Gasteiger partial charge in [0.05, 0.1) is 6.61 Å². The van der Waals surface area contributed by atoms with Crippen LogP contribution in [0.25, 0.3) is 0 Å². The zero-order valence-electron chi connectivity index (χ0n) is 13.5. The molecule has 2 heterocycles. The van der Waals surface area contributed by atoms with Crippen molar-refractivity contribution in [1.82, 2.24) is 9.55 Å². The molecule has 4 atom stereocenters. The Morgan fingerprint density at radius 2 is 1.67 bits per heavy atom. The Bertz CT molecular complexity index is 833. The molecule has 1 aromatic heterocycles. The molecule has 0 unspecified atom stereocenters. The van der Waals surface area contributed by atoms with Gasteiger partial charge in [-0.25, -0.2) is 13.9 Å². The summed E-state index contributed by atoms with van der Waals surface area (Å²) in [6.45, 7) is 1.02. The van der Waals surface area contributed by atoms with Crippen LogP contribution in [0.4, 0.5) is 0 Å². The van der Waals surface area contributed by atoms with Crippen molar-refractivity contribution < 1.29 is 53.1 Å². The molecule has 0 aliphatic carbocycles. The van der Waals surface area contributed by atoms with Gasteiger partial charge < -0.3 is 39.6 Å². The molecule has 8 N–H and O–H groups in total. The molecular formula is C10H18N2O13P2. The minimum Gasteiger partial charge on any atom is -0.394 e. The SMILES string of the molecule is Cc1cn([C@@H]2O[C@H](CO)[C@@H](O)[C@H]2O)c(=O)[nH]c1=O.O=P(O)(O)OP(=O)(O)O. The third kappa shape index (κ3) is 7.03. The van der Waals surface area contributed by atoms with Crippen LogP contribution in [0.3, 0.4) is 0 Å². The van der Waals surface area contributed by atoms with Crippen molar-refractivity contribution in [3.05, 3.63) is 32.6 Å². The van der Waals surface area contributed by atoms with Crippen molar-refractivity contribution >= 4 is 15.6 Å². The normalized spacial score (nSPS) is 25.8. The second kappa shape index (κ2) is 8.86. The van der Waals surface area contributed by atoms with Crippen LogP contribution in [0.2, 0.25) is 0 Å². The van der Waals surface area contributed by atoms with Gasteiger partial charge in [-0.1, -0.05) is 0 Å². The van der Waals surface area contributed by atoms with E-state index >= 15 is 0 Å². The van der Waals surface area contributed by atoms with E-state index in [2.05, 4.69) is 9.29 Å². The maximum atomic E-state index is 11.6. The van der Waals surface area contributed by atoms with E-state index in [4.69, 9.17) is 29.4 Å². The minimum atomic E-state index is -5.05. The van der Waals surface area contributed by atoms with Gasteiger partial charge in [0, 0.05) is 11.8 Å². The van der Waals surface area contributed by atoms with E-state index in [-0.39, 0.29) is 5.56 Å². The van der Waals surface area contributed by atoms with Crippen molar-refractivity contribution in [3.8, 4) is 0 Å². The van der Waals surface area contributed by atoms with E-state index in [0.29, 0.717) is 0 Å². The second-order valence-electron chi connectivity index (χ2n) is 5.27. The molecule has 1 aromatic rings. The molecule has 1 fully saturated rings. The number of aromatic amines is 1. The number of aromatic nitrogens is 2. The summed E-state index contributed by atoms with van der Waals surface area (Å²) in [6.07, 6.45) is -3.52. The van der Waals surface area contributed by atoms with Gasteiger partial charge >= 0.3 is 21.3 Å². The van der Waals surface area contributed by atoms with Crippen molar-refractivity contribution in [3.63, 3.8) is 0 Å². The van der Waals surface area contributed by atoms with Crippen molar-refractivity contribution in [2.24, 2.45) is 0 Å². The highest BCUT2D eigenvalue weighted by Crippen LogP contribution is 2.53. The Morgan fingerprint density at radius 1 is 1.15 bits per heavy atom. The molecule has 1 saturated heterocycles. The van der Waals surface area contributed by atoms with E-state index in [1.807, 2.05) is 0 Å². The summed E-state index contributed by atoms with van der Waals surface area (Å²) in [7, 11) is -10.1. The molecule has 0 bridgehead atoms. The number of phosphoric acid groups is 2. The predicted octanol–water partition coefficient (Wildman–Crippen LogP) is -3.36. The summed E-state index contributed by atoms with van der Waals surface area (Å²) in [4.78, 5) is 55.9. The standard InChI is InChI=1S/C10H14N2O6.H4O7P2/c1-4-2-12(10(17)11-8(4)16)9-7(15)6(14)5(3-13)18-9;1-8(2,3)7-9(4,5)6/h2,5-7,9,13-15H,3H2,1H3,(H,11,16,17);(H2,1,2,3)(H2,4,5,6)/t5-,6-,7-,9-;/m1./s1. The Kier molecular flexibility index (Phi) is 7.81. The van der Waals surface area contributed by atoms with Gasteiger partial charge in [0.15, 0.2) is 6.23 Å². The minimum absolute atomic E-state index is 0.271. The van der Waals surface area contributed by atoms with E-state index in [1.165, 1.54) is 13.1 Å². The number of hydrogen-bond donors (Lipinski definition) is 8. The molecule has 1 aliphatic rings. The molecule has 1 aliphatic heterocycles. The average Bonchev–Trinajstić information content (AvgIpc) is 2.76. The highest BCUT2D eigenvalue weighted by molar-refractivity contribution is 7.60. The molecule has 0 saturated carbocycles. The number of H-pyrrole nitrogens is 1. The Hall–Kier alpha value is -1.22. The third-order valence-corrected chi connectivity index (χ3v) is 4.85. The number of hydrogen-bond acceptors (Lipinski definition) is 9. The van der Waals surface area contributed by atoms with Crippen LogP contribution < -0.4 is 11.2 Å². The smallest absolute Gasteiger partial charge is 0.394 e. The molecule has 0 radical (unpaired) electrons. The molecule has 17 heteroatoms. The largest absolute Gasteiger partial charge is 0.478 e. The fourth-order valence-electron chi connectivity index (χ4n) is 2.02. The van der Waals surface area contributed by atoms with Crippen LogP contribution >= 0.6 is 15.6 Å². The molecule has 0 spiro atoms. The number of ether oxygens (including phenoxy) is 1. The van der Waals surface area contributed by atoms with Gasteiger partial charge in [-0.15, -0.1) is 0 Å². The number of aryl methyl sites for hydroxylation is 1. The first kappa shape index (κ1) is 23.8. The average molecular weight is 436 g/mol. The van der Waals surface area contributed by atoms with Gasteiger partial charge in [-0.3, -0.25) is 14.3 Å².